The van der Waals surface area contributed by atoms with Crippen LogP contribution < -0.4 is 5.32 Å². The van der Waals surface area contributed by atoms with E-state index in [-0.39, 0.29) is 12.1 Å². The van der Waals surface area contributed by atoms with Crippen LogP contribution in [0.3, 0.4) is 0 Å². The third-order valence-electron chi connectivity index (χ3n) is 4.72. The molecule has 0 spiro atoms. The topological polar surface area (TPSA) is 76.1 Å². The van der Waals surface area contributed by atoms with Crippen LogP contribution in [0.4, 0.5) is 9.59 Å². The Morgan fingerprint density at radius 1 is 1.33 bits per heavy atom. The molecule has 4 amide bonds. The maximum atomic E-state index is 12.6. The minimum Gasteiger partial charge on any atom is -0.339 e. The highest BCUT2D eigenvalue weighted by Crippen LogP contribution is 2.38. The molecule has 2 rings (SSSR count). The molecule has 7 heteroatoms. The Bertz CT molecular complexity index is 420. The molecule has 0 aromatic heterocycles. The van der Waals surface area contributed by atoms with Gasteiger partial charge in [-0.15, -0.1) is 0 Å². The van der Waals surface area contributed by atoms with Gasteiger partial charge in [-0.2, -0.15) is 5.06 Å². The zero-order valence-corrected chi connectivity index (χ0v) is 13.3. The number of likely N-dealkylation sites (N-methyl/N-ethyl adjacent to an activating group) is 1. The van der Waals surface area contributed by atoms with Crippen LogP contribution in [0.25, 0.3) is 0 Å². The maximum absolute atomic E-state index is 12.6. The van der Waals surface area contributed by atoms with Gasteiger partial charge in [-0.05, 0) is 26.7 Å². The van der Waals surface area contributed by atoms with E-state index in [1.165, 1.54) is 18.4 Å². The highest BCUT2D eigenvalue weighted by Gasteiger charge is 2.55. The Labute approximate surface area is 125 Å². The molecule has 2 fully saturated rings. The minimum absolute atomic E-state index is 0.125. The number of rotatable bonds is 2. The van der Waals surface area contributed by atoms with Crippen molar-refractivity contribution in [3.63, 3.8) is 0 Å². The number of nitrogens with zero attached hydrogens (tertiary/aromatic N) is 3. The fraction of sp³-hybridized carbons (Fsp3) is 0.857. The molecule has 1 heterocycles. The molecule has 0 unspecified atom stereocenters. The molecule has 0 aromatic carbocycles. The second kappa shape index (κ2) is 5.71. The molecule has 0 bridgehead atoms. The molecule has 2 aliphatic rings. The number of carbonyl (C=O) groups excluding carboxylic acids is 2. The Morgan fingerprint density at radius 3 is 2.43 bits per heavy atom. The van der Waals surface area contributed by atoms with Gasteiger partial charge >= 0.3 is 12.1 Å². The molecular formula is C14H26N4O3. The SMILES string of the molecule is CNC(=O)N(O)[C@H]1N(C)C(=O)N(C2CCCCC2)C1(C)C. The molecule has 7 nitrogen and oxygen atoms in total. The van der Waals surface area contributed by atoms with Crippen molar-refractivity contribution in [3.8, 4) is 0 Å². The fourth-order valence-corrected chi connectivity index (χ4v) is 3.77. The predicted molar refractivity (Wildman–Crippen MR) is 77.8 cm³/mol. The van der Waals surface area contributed by atoms with Gasteiger partial charge in [0.1, 0.15) is 0 Å². The van der Waals surface area contributed by atoms with E-state index in [4.69, 9.17) is 0 Å². The Balaban J connectivity index is 2.28. The molecule has 120 valence electrons. The van der Waals surface area contributed by atoms with Crippen LogP contribution in [-0.4, -0.2) is 64.0 Å². The van der Waals surface area contributed by atoms with Gasteiger partial charge in [-0.3, -0.25) is 5.21 Å². The van der Waals surface area contributed by atoms with Crippen molar-refractivity contribution in [3.05, 3.63) is 0 Å². The molecule has 2 N–H and O–H groups in total. The lowest BCUT2D eigenvalue weighted by Gasteiger charge is -2.42. The van der Waals surface area contributed by atoms with Crippen molar-refractivity contribution in [1.82, 2.24) is 20.2 Å². The fourth-order valence-electron chi connectivity index (χ4n) is 3.77. The van der Waals surface area contributed by atoms with Crippen LogP contribution in [-0.2, 0) is 0 Å². The van der Waals surface area contributed by atoms with Gasteiger partial charge in [0.25, 0.3) is 0 Å². The summed E-state index contributed by atoms with van der Waals surface area (Å²) in [7, 11) is 3.08. The second-order valence-electron chi connectivity index (χ2n) is 6.48. The third-order valence-corrected chi connectivity index (χ3v) is 4.72. The quantitative estimate of drug-likeness (QED) is 0.603. The first-order valence-corrected chi connectivity index (χ1v) is 7.58. The van der Waals surface area contributed by atoms with Gasteiger partial charge in [0.2, 0.25) is 0 Å². The first kappa shape index (κ1) is 15.9. The van der Waals surface area contributed by atoms with Crippen molar-refractivity contribution in [2.45, 2.75) is 63.7 Å². The number of hydroxylamine groups is 2. The largest absolute Gasteiger partial charge is 0.342 e. The Morgan fingerprint density at radius 2 is 1.90 bits per heavy atom. The Kier molecular flexibility index (Phi) is 4.32. The molecule has 1 aliphatic heterocycles. The van der Waals surface area contributed by atoms with Crippen LogP contribution in [0.2, 0.25) is 0 Å². The second-order valence-corrected chi connectivity index (χ2v) is 6.48. The number of nitrogens with one attached hydrogen (secondary N) is 1. The number of hydrogen-bond acceptors (Lipinski definition) is 3. The summed E-state index contributed by atoms with van der Waals surface area (Å²) in [4.78, 5) is 27.7. The first-order chi connectivity index (χ1) is 9.82. The lowest BCUT2D eigenvalue weighted by atomic mass is 9.90. The summed E-state index contributed by atoms with van der Waals surface area (Å²) >= 11 is 0. The van der Waals surface area contributed by atoms with E-state index in [9.17, 15) is 14.8 Å². The van der Waals surface area contributed by atoms with Crippen molar-refractivity contribution >= 4 is 12.1 Å². The van der Waals surface area contributed by atoms with Crippen LogP contribution in [0.15, 0.2) is 0 Å². The highest BCUT2D eigenvalue weighted by molar-refractivity contribution is 5.81. The van der Waals surface area contributed by atoms with E-state index in [2.05, 4.69) is 5.32 Å². The van der Waals surface area contributed by atoms with Gasteiger partial charge < -0.3 is 15.1 Å². The van der Waals surface area contributed by atoms with E-state index < -0.39 is 17.7 Å². The predicted octanol–water partition coefficient (Wildman–Crippen LogP) is 1.82. The summed E-state index contributed by atoms with van der Waals surface area (Å²) in [6.07, 6.45) is 4.73. The summed E-state index contributed by atoms with van der Waals surface area (Å²) in [6, 6.07) is -0.551. The average Bonchev–Trinajstić information content (AvgIpc) is 2.64. The Hall–Kier alpha value is -1.50. The number of urea groups is 2. The molecule has 1 saturated heterocycles. The summed E-state index contributed by atoms with van der Waals surface area (Å²) in [5.41, 5.74) is -0.644. The number of amides is 4. The van der Waals surface area contributed by atoms with E-state index in [1.54, 1.807) is 7.05 Å². The summed E-state index contributed by atoms with van der Waals surface area (Å²) < 4.78 is 0. The summed E-state index contributed by atoms with van der Waals surface area (Å²) in [5.74, 6) is 0. The standard InChI is InChI=1S/C14H26N4O3/c1-14(2)11(18(21)12(19)15-3)16(4)13(20)17(14)10-8-6-5-7-9-10/h10-11,21H,5-9H2,1-4H3,(H,15,19)/t11-/m1/s1. The van der Waals surface area contributed by atoms with Gasteiger partial charge in [-0.25, -0.2) is 9.59 Å². The third kappa shape index (κ3) is 2.54. The molecule has 1 atom stereocenters. The van der Waals surface area contributed by atoms with Crippen molar-refractivity contribution in [1.29, 1.82) is 0 Å². The lowest BCUT2D eigenvalue weighted by molar-refractivity contribution is -0.131. The van der Waals surface area contributed by atoms with Crippen LogP contribution in [0.5, 0.6) is 0 Å². The van der Waals surface area contributed by atoms with Crippen molar-refractivity contribution in [2.24, 2.45) is 0 Å². The van der Waals surface area contributed by atoms with Gasteiger partial charge in [0, 0.05) is 20.1 Å². The highest BCUT2D eigenvalue weighted by atomic mass is 16.5. The summed E-state index contributed by atoms with van der Waals surface area (Å²) in [5, 5.41) is 13.2. The minimum atomic E-state index is -0.702. The van der Waals surface area contributed by atoms with E-state index in [1.807, 2.05) is 18.7 Å². The molecule has 1 aliphatic carbocycles. The molecule has 0 aromatic rings. The van der Waals surface area contributed by atoms with E-state index >= 15 is 0 Å². The van der Waals surface area contributed by atoms with Gasteiger partial charge in [0.15, 0.2) is 6.17 Å². The first-order valence-electron chi connectivity index (χ1n) is 7.58. The monoisotopic (exact) mass is 298 g/mol. The molecule has 0 radical (unpaired) electrons. The van der Waals surface area contributed by atoms with Crippen LogP contribution >= 0.6 is 0 Å². The molecule has 1 saturated carbocycles. The normalized spacial score (nSPS) is 26.1. The molecular weight excluding hydrogens is 272 g/mol. The van der Waals surface area contributed by atoms with E-state index in [0.717, 1.165) is 25.7 Å². The van der Waals surface area contributed by atoms with Crippen molar-refractivity contribution in [2.75, 3.05) is 14.1 Å². The van der Waals surface area contributed by atoms with Crippen molar-refractivity contribution < 1.29 is 14.8 Å². The average molecular weight is 298 g/mol. The van der Waals surface area contributed by atoms with Crippen LogP contribution in [0.1, 0.15) is 46.0 Å². The summed E-state index contributed by atoms with van der Waals surface area (Å²) in [6.45, 7) is 3.81. The number of carbonyl (C=O) groups is 2. The van der Waals surface area contributed by atoms with E-state index in [0.29, 0.717) is 5.06 Å². The smallest absolute Gasteiger partial charge is 0.339 e. The zero-order chi connectivity index (χ0) is 15.8. The lowest BCUT2D eigenvalue weighted by Crippen LogP contribution is -2.59. The number of hydrogen-bond donors (Lipinski definition) is 2. The molecule has 21 heavy (non-hydrogen) atoms. The zero-order valence-electron chi connectivity index (χ0n) is 13.3. The maximum Gasteiger partial charge on any atom is 0.342 e. The van der Waals surface area contributed by atoms with Gasteiger partial charge in [0.05, 0.1) is 5.54 Å². The van der Waals surface area contributed by atoms with Crippen LogP contribution in [0, 0.1) is 0 Å². The van der Waals surface area contributed by atoms with Gasteiger partial charge in [-0.1, -0.05) is 19.3 Å².